The van der Waals surface area contributed by atoms with Crippen molar-refractivity contribution in [3.8, 4) is 0 Å². The Balaban J connectivity index is 2.99. The summed E-state index contributed by atoms with van der Waals surface area (Å²) in [4.78, 5) is 5.33. The van der Waals surface area contributed by atoms with Crippen LogP contribution in [0.2, 0.25) is 0 Å². The molecule has 0 aliphatic carbocycles. The lowest BCUT2D eigenvalue weighted by Gasteiger charge is -2.24. The van der Waals surface area contributed by atoms with Gasteiger partial charge in [-0.05, 0) is 19.1 Å². The first-order valence-corrected chi connectivity index (χ1v) is 4.73. The van der Waals surface area contributed by atoms with Crippen molar-refractivity contribution in [3.63, 3.8) is 0 Å². The van der Waals surface area contributed by atoms with Crippen LogP contribution in [0.25, 0.3) is 0 Å². The average molecular weight is 234 g/mol. The van der Waals surface area contributed by atoms with Gasteiger partial charge in [0.25, 0.3) is 0 Å². The molecule has 0 aliphatic heterocycles. The van der Waals surface area contributed by atoms with Gasteiger partial charge in [0, 0.05) is 13.2 Å². The molecule has 0 amide bonds. The predicted molar refractivity (Wildman–Crippen MR) is 54.2 cm³/mol. The molecule has 0 aromatic carbocycles. The fourth-order valence-corrected chi connectivity index (χ4v) is 1.14. The second-order valence-electron chi connectivity index (χ2n) is 3.54. The topological polar surface area (TPSA) is 36.4 Å². The highest BCUT2D eigenvalue weighted by molar-refractivity contribution is 5.41. The smallest absolute Gasteiger partial charge is 0.394 e. The summed E-state index contributed by atoms with van der Waals surface area (Å²) in [6.07, 6.45) is -3.26. The number of alkyl halides is 3. The zero-order valence-corrected chi connectivity index (χ0v) is 8.99. The van der Waals surface area contributed by atoms with Crippen LogP contribution in [0.3, 0.4) is 0 Å². The third-order valence-corrected chi connectivity index (χ3v) is 2.36. The number of pyridine rings is 1. The average Bonchev–Trinajstić information content (AvgIpc) is 2.26. The SMILES string of the molecule is CC(CO)N(C)c1cc(C(F)(F)F)ccn1. The molecule has 1 atom stereocenters. The molecule has 0 saturated heterocycles. The molecule has 1 aromatic rings. The Hall–Kier alpha value is -1.30. The lowest BCUT2D eigenvalue weighted by atomic mass is 10.2. The standard InChI is InChI=1S/C10H13F3N2O/c1-7(6-16)15(2)9-5-8(3-4-14-9)10(11,12)13/h3-5,7,16H,6H2,1-2H3. The number of likely N-dealkylation sites (N-methyl/N-ethyl adjacent to an activating group) is 1. The van der Waals surface area contributed by atoms with Crippen molar-refractivity contribution in [2.24, 2.45) is 0 Å². The van der Waals surface area contributed by atoms with Gasteiger partial charge in [0.05, 0.1) is 18.2 Å². The van der Waals surface area contributed by atoms with Gasteiger partial charge in [0.2, 0.25) is 0 Å². The molecule has 0 bridgehead atoms. The highest BCUT2D eigenvalue weighted by Crippen LogP contribution is 2.30. The second kappa shape index (κ2) is 4.69. The fraction of sp³-hybridized carbons (Fsp3) is 0.500. The van der Waals surface area contributed by atoms with Crippen molar-refractivity contribution in [3.05, 3.63) is 23.9 Å². The Kier molecular flexibility index (Phi) is 3.74. The molecular formula is C10H13F3N2O. The molecule has 90 valence electrons. The summed E-state index contributed by atoms with van der Waals surface area (Å²) >= 11 is 0. The van der Waals surface area contributed by atoms with Gasteiger partial charge in [-0.25, -0.2) is 4.98 Å². The molecule has 0 fully saturated rings. The van der Waals surface area contributed by atoms with E-state index in [9.17, 15) is 13.2 Å². The molecular weight excluding hydrogens is 221 g/mol. The van der Waals surface area contributed by atoms with Crippen molar-refractivity contribution in [1.82, 2.24) is 4.98 Å². The molecule has 0 saturated carbocycles. The number of nitrogens with zero attached hydrogens (tertiary/aromatic N) is 2. The zero-order chi connectivity index (χ0) is 12.3. The van der Waals surface area contributed by atoms with Gasteiger partial charge >= 0.3 is 6.18 Å². The summed E-state index contributed by atoms with van der Waals surface area (Å²) in [6.45, 7) is 1.55. The van der Waals surface area contributed by atoms with Crippen LogP contribution in [0.5, 0.6) is 0 Å². The normalized spacial score (nSPS) is 13.6. The van der Waals surface area contributed by atoms with E-state index in [2.05, 4.69) is 4.98 Å². The minimum Gasteiger partial charge on any atom is -0.394 e. The minimum absolute atomic E-state index is 0.144. The van der Waals surface area contributed by atoms with Crippen LogP contribution in [0.15, 0.2) is 18.3 Å². The first-order valence-electron chi connectivity index (χ1n) is 4.73. The minimum atomic E-state index is -4.37. The van der Waals surface area contributed by atoms with Crippen LogP contribution in [0, 0.1) is 0 Å². The monoisotopic (exact) mass is 234 g/mol. The first-order chi connectivity index (χ1) is 7.36. The van der Waals surface area contributed by atoms with Gasteiger partial charge < -0.3 is 10.0 Å². The highest BCUT2D eigenvalue weighted by atomic mass is 19.4. The van der Waals surface area contributed by atoms with E-state index in [4.69, 9.17) is 5.11 Å². The molecule has 6 heteroatoms. The lowest BCUT2D eigenvalue weighted by Crippen LogP contribution is -2.32. The lowest BCUT2D eigenvalue weighted by molar-refractivity contribution is -0.137. The van der Waals surface area contributed by atoms with Crippen LogP contribution in [-0.4, -0.2) is 29.8 Å². The summed E-state index contributed by atoms with van der Waals surface area (Å²) in [5.74, 6) is 0.191. The molecule has 3 nitrogen and oxygen atoms in total. The van der Waals surface area contributed by atoms with Crippen molar-refractivity contribution in [1.29, 1.82) is 0 Å². The summed E-state index contributed by atoms with van der Waals surface area (Å²) < 4.78 is 37.3. The number of halogens is 3. The van der Waals surface area contributed by atoms with Crippen LogP contribution in [0.1, 0.15) is 12.5 Å². The molecule has 1 aromatic heterocycles. The van der Waals surface area contributed by atoms with Gasteiger partial charge in [0.1, 0.15) is 5.82 Å². The Morgan fingerprint density at radius 1 is 1.50 bits per heavy atom. The third kappa shape index (κ3) is 2.85. The predicted octanol–water partition coefficient (Wildman–Crippen LogP) is 1.92. The number of hydrogen-bond donors (Lipinski definition) is 1. The van der Waals surface area contributed by atoms with Crippen LogP contribution < -0.4 is 4.90 Å². The Labute approximate surface area is 91.5 Å². The van der Waals surface area contributed by atoms with Crippen LogP contribution in [0.4, 0.5) is 19.0 Å². The van der Waals surface area contributed by atoms with E-state index in [1.165, 1.54) is 4.90 Å². The maximum atomic E-state index is 12.4. The van der Waals surface area contributed by atoms with Gasteiger partial charge in [-0.2, -0.15) is 13.2 Å². The largest absolute Gasteiger partial charge is 0.416 e. The number of aliphatic hydroxyl groups excluding tert-OH is 1. The number of aliphatic hydroxyl groups is 1. The van der Waals surface area contributed by atoms with E-state index in [0.717, 1.165) is 18.3 Å². The Morgan fingerprint density at radius 2 is 2.12 bits per heavy atom. The summed E-state index contributed by atoms with van der Waals surface area (Å²) in [6, 6.07) is 1.60. The maximum Gasteiger partial charge on any atom is 0.416 e. The van der Waals surface area contributed by atoms with E-state index < -0.39 is 11.7 Å². The number of aromatic nitrogens is 1. The van der Waals surface area contributed by atoms with Crippen molar-refractivity contribution in [2.45, 2.75) is 19.1 Å². The van der Waals surface area contributed by atoms with Crippen molar-refractivity contribution >= 4 is 5.82 Å². The highest BCUT2D eigenvalue weighted by Gasteiger charge is 2.31. The van der Waals surface area contributed by atoms with Crippen molar-refractivity contribution < 1.29 is 18.3 Å². The number of anilines is 1. The molecule has 1 heterocycles. The number of rotatable bonds is 3. The van der Waals surface area contributed by atoms with Gasteiger partial charge in [-0.1, -0.05) is 0 Å². The summed E-state index contributed by atoms with van der Waals surface area (Å²) in [5, 5.41) is 8.90. The van der Waals surface area contributed by atoms with E-state index in [1.807, 2.05) is 0 Å². The van der Waals surface area contributed by atoms with E-state index in [1.54, 1.807) is 14.0 Å². The van der Waals surface area contributed by atoms with Crippen LogP contribution in [-0.2, 0) is 6.18 Å². The molecule has 1 N–H and O–H groups in total. The molecule has 1 unspecified atom stereocenters. The van der Waals surface area contributed by atoms with Crippen molar-refractivity contribution in [2.75, 3.05) is 18.6 Å². The fourth-order valence-electron chi connectivity index (χ4n) is 1.14. The zero-order valence-electron chi connectivity index (χ0n) is 8.99. The quantitative estimate of drug-likeness (QED) is 0.868. The van der Waals surface area contributed by atoms with E-state index >= 15 is 0 Å². The molecule has 0 radical (unpaired) electrons. The molecule has 0 spiro atoms. The van der Waals surface area contributed by atoms with Gasteiger partial charge in [0.15, 0.2) is 0 Å². The first kappa shape index (κ1) is 12.8. The Morgan fingerprint density at radius 3 is 2.62 bits per heavy atom. The number of hydrogen-bond acceptors (Lipinski definition) is 3. The molecule has 0 aliphatic rings. The third-order valence-electron chi connectivity index (χ3n) is 2.36. The maximum absolute atomic E-state index is 12.4. The second-order valence-corrected chi connectivity index (χ2v) is 3.54. The van der Waals surface area contributed by atoms with Crippen LogP contribution >= 0.6 is 0 Å². The van der Waals surface area contributed by atoms with Gasteiger partial charge in [-0.15, -0.1) is 0 Å². The Bertz CT molecular complexity index is 354. The van der Waals surface area contributed by atoms with Gasteiger partial charge in [-0.3, -0.25) is 0 Å². The van der Waals surface area contributed by atoms with E-state index in [0.29, 0.717) is 0 Å². The molecule has 16 heavy (non-hydrogen) atoms. The van der Waals surface area contributed by atoms with E-state index in [-0.39, 0.29) is 18.5 Å². The summed E-state index contributed by atoms with van der Waals surface area (Å²) in [5.41, 5.74) is -0.741. The summed E-state index contributed by atoms with van der Waals surface area (Å²) in [7, 11) is 1.59. The molecule has 1 rings (SSSR count).